The molecule has 0 unspecified atom stereocenters. The van der Waals surface area contributed by atoms with Crippen LogP contribution in [0.4, 0.5) is 5.82 Å². The topological polar surface area (TPSA) is 96.0 Å². The van der Waals surface area contributed by atoms with E-state index in [0.717, 1.165) is 16.5 Å². The molecule has 148 valence electrons. The Morgan fingerprint density at radius 3 is 2.23 bits per heavy atom. The van der Waals surface area contributed by atoms with Crippen LogP contribution >= 0.6 is 0 Å². The Labute approximate surface area is 173 Å². The summed E-state index contributed by atoms with van der Waals surface area (Å²) in [4.78, 5) is 32.9. The molecule has 7 nitrogen and oxygen atoms in total. The minimum Gasteiger partial charge on any atom is -0.348 e. The lowest BCUT2D eigenvalue weighted by Crippen LogP contribution is -2.30. The van der Waals surface area contributed by atoms with Crippen molar-refractivity contribution in [1.29, 1.82) is 0 Å². The fourth-order valence-corrected chi connectivity index (χ4v) is 2.94. The maximum atomic E-state index is 12.4. The molecule has 2 amide bonds. The Balaban J connectivity index is 1.34. The molecule has 0 aliphatic carbocycles. The van der Waals surface area contributed by atoms with Crippen LogP contribution in [0.15, 0.2) is 85.2 Å². The standard InChI is InChI=1S/C23H19N5O2/c29-22(17-6-2-1-3-7-17)24-14-16-10-12-18(13-11-16)23(30)28-27-21-19-8-4-5-9-20(19)25-15-26-21/h1-13,15H,14H2,(H,24,29)(H,28,30)(H,25,26,27). The number of carbonyl (C=O) groups excluding carboxylic acids is 2. The summed E-state index contributed by atoms with van der Waals surface area (Å²) >= 11 is 0. The van der Waals surface area contributed by atoms with E-state index in [0.29, 0.717) is 23.5 Å². The van der Waals surface area contributed by atoms with Crippen molar-refractivity contribution in [3.63, 3.8) is 0 Å². The van der Waals surface area contributed by atoms with Crippen molar-refractivity contribution in [3.8, 4) is 0 Å². The third-order valence-electron chi connectivity index (χ3n) is 4.54. The molecule has 0 saturated carbocycles. The summed E-state index contributed by atoms with van der Waals surface area (Å²) in [5.41, 5.74) is 8.27. The number of para-hydroxylation sites is 1. The van der Waals surface area contributed by atoms with E-state index in [9.17, 15) is 9.59 Å². The second kappa shape index (κ2) is 8.83. The fourth-order valence-electron chi connectivity index (χ4n) is 2.94. The van der Waals surface area contributed by atoms with E-state index >= 15 is 0 Å². The highest BCUT2D eigenvalue weighted by Gasteiger charge is 2.08. The number of benzene rings is 3. The predicted octanol–water partition coefficient (Wildman–Crippen LogP) is 3.32. The van der Waals surface area contributed by atoms with Crippen LogP contribution in [-0.2, 0) is 6.54 Å². The second-order valence-corrected chi connectivity index (χ2v) is 6.56. The van der Waals surface area contributed by atoms with E-state index in [1.165, 1.54) is 6.33 Å². The highest BCUT2D eigenvalue weighted by atomic mass is 16.2. The fraction of sp³-hybridized carbons (Fsp3) is 0.0435. The highest BCUT2D eigenvalue weighted by molar-refractivity contribution is 5.96. The summed E-state index contributed by atoms with van der Waals surface area (Å²) < 4.78 is 0. The summed E-state index contributed by atoms with van der Waals surface area (Å²) in [6.45, 7) is 0.376. The van der Waals surface area contributed by atoms with Gasteiger partial charge < -0.3 is 5.32 Å². The van der Waals surface area contributed by atoms with E-state index < -0.39 is 0 Å². The average molecular weight is 397 g/mol. The van der Waals surface area contributed by atoms with Gasteiger partial charge in [0.15, 0.2) is 5.82 Å². The molecule has 3 N–H and O–H groups in total. The van der Waals surface area contributed by atoms with E-state index in [1.54, 1.807) is 36.4 Å². The van der Waals surface area contributed by atoms with Crippen LogP contribution in [-0.4, -0.2) is 21.8 Å². The van der Waals surface area contributed by atoms with E-state index in [1.807, 2.05) is 42.5 Å². The highest BCUT2D eigenvalue weighted by Crippen LogP contribution is 2.17. The Morgan fingerprint density at radius 1 is 0.733 bits per heavy atom. The summed E-state index contributed by atoms with van der Waals surface area (Å²) in [5, 5.41) is 3.67. The summed E-state index contributed by atoms with van der Waals surface area (Å²) in [5.74, 6) is 0.0884. The van der Waals surface area contributed by atoms with Crippen molar-refractivity contribution in [2.24, 2.45) is 0 Å². The molecule has 0 bridgehead atoms. The van der Waals surface area contributed by atoms with Crippen molar-refractivity contribution in [1.82, 2.24) is 20.7 Å². The molecule has 0 radical (unpaired) electrons. The number of fused-ring (bicyclic) bond motifs is 1. The van der Waals surface area contributed by atoms with Crippen molar-refractivity contribution < 1.29 is 9.59 Å². The average Bonchev–Trinajstić information content (AvgIpc) is 2.82. The Kier molecular flexibility index (Phi) is 5.61. The summed E-state index contributed by atoms with van der Waals surface area (Å²) in [6, 6.07) is 23.6. The second-order valence-electron chi connectivity index (χ2n) is 6.56. The Hall–Kier alpha value is -4.26. The summed E-state index contributed by atoms with van der Waals surface area (Å²) in [7, 11) is 0. The molecular formula is C23H19N5O2. The zero-order valence-corrected chi connectivity index (χ0v) is 16.0. The normalized spacial score (nSPS) is 10.4. The van der Waals surface area contributed by atoms with Gasteiger partial charge in [0, 0.05) is 23.1 Å². The van der Waals surface area contributed by atoms with E-state index in [-0.39, 0.29) is 11.8 Å². The molecule has 0 saturated heterocycles. The van der Waals surface area contributed by atoms with Gasteiger partial charge in [0.1, 0.15) is 6.33 Å². The number of nitrogens with one attached hydrogen (secondary N) is 3. The maximum absolute atomic E-state index is 12.4. The Morgan fingerprint density at radius 2 is 1.43 bits per heavy atom. The number of hydrogen-bond acceptors (Lipinski definition) is 5. The minimum atomic E-state index is -0.294. The molecule has 0 aliphatic heterocycles. The van der Waals surface area contributed by atoms with Gasteiger partial charge in [-0.2, -0.15) is 0 Å². The van der Waals surface area contributed by atoms with Crippen molar-refractivity contribution in [2.45, 2.75) is 6.54 Å². The molecule has 0 spiro atoms. The smallest absolute Gasteiger partial charge is 0.269 e. The first-order valence-electron chi connectivity index (χ1n) is 9.39. The largest absolute Gasteiger partial charge is 0.348 e. The molecule has 0 aliphatic rings. The molecule has 4 rings (SSSR count). The van der Waals surface area contributed by atoms with Crippen LogP contribution in [0.2, 0.25) is 0 Å². The van der Waals surface area contributed by atoms with Gasteiger partial charge in [-0.1, -0.05) is 42.5 Å². The van der Waals surface area contributed by atoms with Crippen LogP contribution in [0.1, 0.15) is 26.3 Å². The lowest BCUT2D eigenvalue weighted by atomic mass is 10.1. The van der Waals surface area contributed by atoms with Gasteiger partial charge in [-0.3, -0.25) is 20.4 Å². The predicted molar refractivity (Wildman–Crippen MR) is 115 cm³/mol. The van der Waals surface area contributed by atoms with Gasteiger partial charge >= 0.3 is 0 Å². The molecule has 4 aromatic rings. The number of hydrogen-bond donors (Lipinski definition) is 3. The van der Waals surface area contributed by atoms with Crippen molar-refractivity contribution >= 4 is 28.5 Å². The number of anilines is 1. The van der Waals surface area contributed by atoms with Crippen LogP contribution in [0.5, 0.6) is 0 Å². The van der Waals surface area contributed by atoms with Gasteiger partial charge in [-0.05, 0) is 42.0 Å². The van der Waals surface area contributed by atoms with E-state index in [2.05, 4.69) is 26.1 Å². The molecule has 30 heavy (non-hydrogen) atoms. The van der Waals surface area contributed by atoms with Crippen LogP contribution in [0, 0.1) is 0 Å². The molecule has 3 aromatic carbocycles. The Bertz CT molecular complexity index is 1170. The van der Waals surface area contributed by atoms with Crippen LogP contribution < -0.4 is 16.2 Å². The minimum absolute atomic E-state index is 0.140. The molecule has 1 heterocycles. The molecule has 0 atom stereocenters. The van der Waals surface area contributed by atoms with Crippen molar-refractivity contribution in [3.05, 3.63) is 102 Å². The number of carbonyl (C=O) groups is 2. The molecule has 7 heteroatoms. The summed E-state index contributed by atoms with van der Waals surface area (Å²) in [6.07, 6.45) is 1.44. The third kappa shape index (κ3) is 4.41. The maximum Gasteiger partial charge on any atom is 0.269 e. The lowest BCUT2D eigenvalue weighted by Gasteiger charge is -2.10. The van der Waals surface area contributed by atoms with Crippen molar-refractivity contribution in [2.75, 3.05) is 5.43 Å². The zero-order chi connectivity index (χ0) is 20.8. The van der Waals surface area contributed by atoms with Gasteiger partial charge in [-0.15, -0.1) is 0 Å². The number of nitrogens with zero attached hydrogens (tertiary/aromatic N) is 2. The zero-order valence-electron chi connectivity index (χ0n) is 16.0. The lowest BCUT2D eigenvalue weighted by molar-refractivity contribution is 0.0946. The number of amides is 2. The van der Waals surface area contributed by atoms with Gasteiger partial charge in [0.05, 0.1) is 5.52 Å². The van der Waals surface area contributed by atoms with Gasteiger partial charge in [0.25, 0.3) is 11.8 Å². The van der Waals surface area contributed by atoms with E-state index in [4.69, 9.17) is 0 Å². The molecule has 0 fully saturated rings. The van der Waals surface area contributed by atoms with Crippen LogP contribution in [0.25, 0.3) is 10.9 Å². The quantitative estimate of drug-likeness (QED) is 0.434. The monoisotopic (exact) mass is 397 g/mol. The SMILES string of the molecule is O=C(NCc1ccc(C(=O)NNc2ncnc3ccccc23)cc1)c1ccccc1. The van der Waals surface area contributed by atoms with Gasteiger partial charge in [0.2, 0.25) is 0 Å². The first-order chi connectivity index (χ1) is 14.7. The first-order valence-corrected chi connectivity index (χ1v) is 9.39. The van der Waals surface area contributed by atoms with Gasteiger partial charge in [-0.25, -0.2) is 9.97 Å². The number of rotatable bonds is 6. The number of aromatic nitrogens is 2. The molecule has 1 aromatic heterocycles. The molecular weight excluding hydrogens is 378 g/mol. The number of hydrazine groups is 1. The first kappa shape index (κ1) is 19.1. The van der Waals surface area contributed by atoms with Crippen LogP contribution in [0.3, 0.4) is 0 Å². The third-order valence-corrected chi connectivity index (χ3v) is 4.54.